The maximum absolute atomic E-state index is 7.00. The Bertz CT molecular complexity index is 1100. The number of aliphatic imine (C=N–C) groups is 1. The Morgan fingerprint density at radius 1 is 1.30 bits per heavy atom. The fourth-order valence-electron chi connectivity index (χ4n) is 3.22. The van der Waals surface area contributed by atoms with Crippen LogP contribution in [-0.2, 0) is 17.7 Å². The van der Waals surface area contributed by atoms with Crippen LogP contribution in [-0.4, -0.2) is 63.2 Å². The Kier molecular flexibility index (Phi) is 14.0. The minimum Gasteiger partial charge on any atom is -0.461 e. The van der Waals surface area contributed by atoms with E-state index in [0.717, 1.165) is 48.1 Å². The molecule has 0 radical (unpaired) electrons. The highest BCUT2D eigenvalue weighted by Crippen LogP contribution is 2.22. The maximum atomic E-state index is 7.00. The molecule has 0 aromatic carbocycles. The summed E-state index contributed by atoms with van der Waals surface area (Å²) < 4.78 is 5.37. The third kappa shape index (κ3) is 12.0. The van der Waals surface area contributed by atoms with Crippen LogP contribution in [0.15, 0.2) is 59.7 Å². The van der Waals surface area contributed by atoms with Crippen molar-refractivity contribution in [1.29, 1.82) is 0 Å². The van der Waals surface area contributed by atoms with Gasteiger partial charge in [-0.25, -0.2) is 15.0 Å². The van der Waals surface area contributed by atoms with E-state index in [0.29, 0.717) is 18.8 Å². The van der Waals surface area contributed by atoms with Gasteiger partial charge in [-0.3, -0.25) is 9.88 Å². The molecule has 9 nitrogen and oxygen atoms in total. The summed E-state index contributed by atoms with van der Waals surface area (Å²) >= 11 is 7.33. The Morgan fingerprint density at radius 3 is 2.78 bits per heavy atom. The fraction of sp³-hybridized carbons (Fsp3) is 0.385. The number of aliphatic hydroxyl groups excluding tert-OH is 1. The highest BCUT2D eigenvalue weighted by molar-refractivity contribution is 7.15. The molecule has 3 heterocycles. The smallest absolute Gasteiger partial charge is 0.287 e. The number of anilines is 2. The SMILES string of the molecule is C#CC(Cl)/C=C\C=C/COC(N)=N/C(C)=C\Cc1cnc(Nc2cnc(CN3CCCC3)cn2)s1.CO. The first-order chi connectivity index (χ1) is 18.0. The van der Waals surface area contributed by atoms with Crippen LogP contribution >= 0.6 is 22.9 Å². The number of nitrogens with one attached hydrogen (secondary N) is 1. The van der Waals surface area contributed by atoms with Crippen LogP contribution < -0.4 is 11.1 Å². The second-order valence-corrected chi connectivity index (χ2v) is 9.41. The molecule has 0 bridgehead atoms. The molecule has 4 N–H and O–H groups in total. The van der Waals surface area contributed by atoms with Crippen LogP contribution in [0.25, 0.3) is 0 Å². The Morgan fingerprint density at radius 2 is 2.08 bits per heavy atom. The molecule has 1 atom stereocenters. The number of ether oxygens (including phenoxy) is 1. The van der Waals surface area contributed by atoms with Crippen LogP contribution in [0.5, 0.6) is 0 Å². The number of likely N-dealkylation sites (tertiary alicyclic amines) is 1. The molecule has 11 heteroatoms. The van der Waals surface area contributed by atoms with Crippen LogP contribution in [0.4, 0.5) is 10.9 Å². The molecule has 3 rings (SSSR count). The highest BCUT2D eigenvalue weighted by atomic mass is 35.5. The largest absolute Gasteiger partial charge is 0.461 e. The number of allylic oxidation sites excluding steroid dienone is 5. The summed E-state index contributed by atoms with van der Waals surface area (Å²) in [5, 5.41) is 10.6. The van der Waals surface area contributed by atoms with E-state index in [9.17, 15) is 0 Å². The highest BCUT2D eigenvalue weighted by Gasteiger charge is 2.12. The zero-order valence-corrected chi connectivity index (χ0v) is 22.8. The fourth-order valence-corrected chi connectivity index (χ4v) is 4.09. The van der Waals surface area contributed by atoms with Gasteiger partial charge in [0.25, 0.3) is 6.02 Å². The molecule has 0 aliphatic carbocycles. The van der Waals surface area contributed by atoms with Gasteiger partial charge in [-0.15, -0.1) is 29.4 Å². The summed E-state index contributed by atoms with van der Waals surface area (Å²) in [4.78, 5) is 21.1. The van der Waals surface area contributed by atoms with Crippen LogP contribution in [0, 0.1) is 12.3 Å². The average molecular weight is 544 g/mol. The molecule has 1 saturated heterocycles. The molecule has 2 aromatic rings. The number of nitrogens with two attached hydrogens (primary N) is 1. The lowest BCUT2D eigenvalue weighted by atomic mass is 10.3. The Balaban J connectivity index is 0.00000235. The minimum absolute atomic E-state index is 0.102. The van der Waals surface area contributed by atoms with Gasteiger partial charge in [0.05, 0.1) is 18.1 Å². The lowest BCUT2D eigenvalue weighted by Crippen LogP contribution is -2.19. The van der Waals surface area contributed by atoms with Gasteiger partial charge in [0.1, 0.15) is 12.0 Å². The van der Waals surface area contributed by atoms with E-state index in [1.807, 2.05) is 25.4 Å². The molecule has 37 heavy (non-hydrogen) atoms. The Hall–Kier alpha value is -3.23. The van der Waals surface area contributed by atoms with Crippen LogP contribution in [0.1, 0.15) is 30.3 Å². The summed E-state index contributed by atoms with van der Waals surface area (Å²) in [6.45, 7) is 5.30. The van der Waals surface area contributed by atoms with Gasteiger partial charge in [0.15, 0.2) is 10.9 Å². The number of aliphatic hydroxyl groups is 1. The van der Waals surface area contributed by atoms with Gasteiger partial charge in [-0.05, 0) is 38.9 Å². The van der Waals surface area contributed by atoms with Crippen molar-refractivity contribution < 1.29 is 9.84 Å². The van der Waals surface area contributed by atoms with E-state index in [1.165, 1.54) is 12.8 Å². The predicted octanol–water partition coefficient (Wildman–Crippen LogP) is 4.01. The number of hydrogen-bond acceptors (Lipinski definition) is 9. The van der Waals surface area contributed by atoms with E-state index in [4.69, 9.17) is 33.6 Å². The number of alkyl halides is 1. The van der Waals surface area contributed by atoms with Crippen molar-refractivity contribution in [1.82, 2.24) is 19.9 Å². The zero-order valence-electron chi connectivity index (χ0n) is 21.2. The maximum Gasteiger partial charge on any atom is 0.287 e. The molecule has 0 amide bonds. The third-order valence-electron chi connectivity index (χ3n) is 4.98. The average Bonchev–Trinajstić information content (AvgIpc) is 3.59. The zero-order chi connectivity index (χ0) is 26.9. The molecular formula is C26H34ClN7O2S. The number of terminal acetylenes is 1. The second-order valence-electron chi connectivity index (χ2n) is 7.83. The molecule has 0 spiro atoms. The van der Waals surface area contributed by atoms with Crippen molar-refractivity contribution >= 4 is 39.9 Å². The normalized spacial score (nSPS) is 15.4. The van der Waals surface area contributed by atoms with E-state index in [2.05, 4.69) is 36.1 Å². The van der Waals surface area contributed by atoms with Gasteiger partial charge < -0.3 is 20.9 Å². The lowest BCUT2D eigenvalue weighted by molar-refractivity contribution is 0.327. The molecule has 0 saturated carbocycles. The van der Waals surface area contributed by atoms with Crippen LogP contribution in [0.3, 0.4) is 0 Å². The molecule has 1 unspecified atom stereocenters. The summed E-state index contributed by atoms with van der Waals surface area (Å²) in [5.41, 5.74) is 7.57. The summed E-state index contributed by atoms with van der Waals surface area (Å²) in [6, 6.07) is 0.102. The van der Waals surface area contributed by atoms with Crippen molar-refractivity contribution in [3.63, 3.8) is 0 Å². The molecule has 1 aliphatic heterocycles. The van der Waals surface area contributed by atoms with Gasteiger partial charge >= 0.3 is 0 Å². The van der Waals surface area contributed by atoms with Gasteiger partial charge in [0, 0.05) is 36.8 Å². The first-order valence-electron chi connectivity index (χ1n) is 11.8. The lowest BCUT2D eigenvalue weighted by Gasteiger charge is -2.13. The number of halogens is 1. The van der Waals surface area contributed by atoms with Gasteiger partial charge in [-0.1, -0.05) is 30.2 Å². The molecule has 2 aromatic heterocycles. The van der Waals surface area contributed by atoms with E-state index in [-0.39, 0.29) is 6.02 Å². The quantitative estimate of drug-likeness (QED) is 0.128. The van der Waals surface area contributed by atoms with Crippen molar-refractivity contribution in [2.45, 2.75) is 38.1 Å². The first-order valence-corrected chi connectivity index (χ1v) is 13.0. The summed E-state index contributed by atoms with van der Waals surface area (Å²) in [7, 11) is 1.00. The number of thiazole rings is 1. The Labute approximate surface area is 227 Å². The summed E-state index contributed by atoms with van der Waals surface area (Å²) in [5.74, 6) is 3.08. The first kappa shape index (κ1) is 30.0. The third-order valence-corrected chi connectivity index (χ3v) is 6.18. The molecule has 1 aliphatic rings. The van der Waals surface area contributed by atoms with Gasteiger partial charge in [-0.2, -0.15) is 0 Å². The number of amidine groups is 1. The van der Waals surface area contributed by atoms with Crippen molar-refractivity contribution in [2.24, 2.45) is 10.7 Å². The van der Waals surface area contributed by atoms with Crippen molar-refractivity contribution in [2.75, 3.05) is 32.1 Å². The number of hydrogen-bond donors (Lipinski definition) is 3. The minimum atomic E-state index is -0.421. The second kappa shape index (κ2) is 17.3. The molecular weight excluding hydrogens is 510 g/mol. The number of aromatic nitrogens is 3. The van der Waals surface area contributed by atoms with Gasteiger partial charge in [0.2, 0.25) is 0 Å². The van der Waals surface area contributed by atoms with Crippen molar-refractivity contribution in [3.05, 3.63) is 65.2 Å². The summed E-state index contributed by atoms with van der Waals surface area (Å²) in [6.07, 6.45) is 22.8. The van der Waals surface area contributed by atoms with Crippen molar-refractivity contribution in [3.8, 4) is 12.3 Å². The molecule has 198 valence electrons. The molecule has 1 fully saturated rings. The predicted molar refractivity (Wildman–Crippen MR) is 152 cm³/mol. The monoisotopic (exact) mass is 543 g/mol. The number of rotatable bonds is 11. The van der Waals surface area contributed by atoms with E-state index < -0.39 is 5.38 Å². The van der Waals surface area contributed by atoms with Crippen LogP contribution in [0.2, 0.25) is 0 Å². The van der Waals surface area contributed by atoms with E-state index in [1.54, 1.807) is 41.8 Å². The van der Waals surface area contributed by atoms with E-state index >= 15 is 0 Å². The standard InChI is InChI=1S/C25H30ClN7OS.CH4O/c1-3-20(26)9-5-4-8-14-34-24(27)31-19(2)10-11-22-16-30-25(35-22)32-23-17-28-21(15-29-23)18-33-12-6-7-13-33;1-2/h1,4-5,8-10,15-17,20H,6-7,11-14,18H2,2H3,(H2,27,31)(H,29,30,32);2H,1H3/b8-4-,9-5-,19-10-;. The number of nitrogens with zero attached hydrogens (tertiary/aromatic N) is 5. The topological polar surface area (TPSA) is 122 Å².